The van der Waals surface area contributed by atoms with Gasteiger partial charge >= 0.3 is 0 Å². The molecule has 1 saturated heterocycles. The largest absolute Gasteiger partial charge is 0.391 e. The number of hydrogen-bond donors (Lipinski definition) is 2. The maximum atomic E-state index is 9.28. The Kier molecular flexibility index (Phi) is 2.88. The molecule has 6 nitrogen and oxygen atoms in total. The molecule has 2 atom stereocenters. The van der Waals surface area contributed by atoms with Gasteiger partial charge in [-0.2, -0.15) is 4.98 Å². The summed E-state index contributed by atoms with van der Waals surface area (Å²) in [6.45, 7) is 3.52. The molecule has 0 aliphatic carbocycles. The van der Waals surface area contributed by atoms with E-state index in [1.807, 2.05) is 0 Å². The van der Waals surface area contributed by atoms with E-state index in [2.05, 4.69) is 15.0 Å². The Morgan fingerprint density at radius 1 is 1.47 bits per heavy atom. The first kappa shape index (κ1) is 10.4. The summed E-state index contributed by atoms with van der Waals surface area (Å²) < 4.78 is 5.01. The SMILES string of the molecule is CC(O)C(N)c1nc(N2CCCC2)no1. The number of aliphatic hydroxyl groups excluding tert-OH is 1. The highest BCUT2D eigenvalue weighted by atomic mass is 16.5. The van der Waals surface area contributed by atoms with Crippen LogP contribution in [0.25, 0.3) is 0 Å². The van der Waals surface area contributed by atoms with Crippen LogP contribution in [0.4, 0.5) is 5.95 Å². The molecule has 6 heteroatoms. The van der Waals surface area contributed by atoms with E-state index in [4.69, 9.17) is 10.3 Å². The second-order valence-corrected chi connectivity index (χ2v) is 3.89. The lowest BCUT2D eigenvalue weighted by Crippen LogP contribution is -2.24. The molecule has 2 unspecified atom stereocenters. The fraction of sp³-hybridized carbons (Fsp3) is 0.778. The average molecular weight is 212 g/mol. The summed E-state index contributed by atoms with van der Waals surface area (Å²) in [5.41, 5.74) is 5.69. The molecule has 1 aliphatic heterocycles. The van der Waals surface area contributed by atoms with E-state index in [1.54, 1.807) is 6.92 Å². The van der Waals surface area contributed by atoms with Crippen LogP contribution < -0.4 is 10.6 Å². The lowest BCUT2D eigenvalue weighted by atomic mass is 10.2. The summed E-state index contributed by atoms with van der Waals surface area (Å²) in [7, 11) is 0. The summed E-state index contributed by atoms with van der Waals surface area (Å²) in [4.78, 5) is 6.23. The van der Waals surface area contributed by atoms with Gasteiger partial charge in [-0.05, 0) is 24.9 Å². The monoisotopic (exact) mass is 212 g/mol. The van der Waals surface area contributed by atoms with Crippen molar-refractivity contribution in [1.29, 1.82) is 0 Å². The Morgan fingerprint density at radius 3 is 2.73 bits per heavy atom. The van der Waals surface area contributed by atoms with E-state index in [0.29, 0.717) is 11.8 Å². The maximum absolute atomic E-state index is 9.28. The van der Waals surface area contributed by atoms with Gasteiger partial charge in [0.25, 0.3) is 5.95 Å². The smallest absolute Gasteiger partial charge is 0.266 e. The maximum Gasteiger partial charge on any atom is 0.266 e. The average Bonchev–Trinajstić information content (AvgIpc) is 2.86. The van der Waals surface area contributed by atoms with Gasteiger partial charge in [-0.1, -0.05) is 0 Å². The van der Waals surface area contributed by atoms with Gasteiger partial charge in [0.1, 0.15) is 6.04 Å². The van der Waals surface area contributed by atoms with Crippen LogP contribution >= 0.6 is 0 Å². The van der Waals surface area contributed by atoms with Crippen LogP contribution in [-0.2, 0) is 0 Å². The Labute approximate surface area is 88.1 Å². The molecule has 1 aliphatic rings. The molecule has 1 fully saturated rings. The van der Waals surface area contributed by atoms with Crippen molar-refractivity contribution in [3.05, 3.63) is 5.89 Å². The van der Waals surface area contributed by atoms with Crippen molar-refractivity contribution >= 4 is 5.95 Å². The van der Waals surface area contributed by atoms with E-state index in [9.17, 15) is 5.11 Å². The van der Waals surface area contributed by atoms with Crippen molar-refractivity contribution in [1.82, 2.24) is 10.1 Å². The topological polar surface area (TPSA) is 88.4 Å². The minimum Gasteiger partial charge on any atom is -0.391 e. The van der Waals surface area contributed by atoms with Crippen LogP contribution in [0.3, 0.4) is 0 Å². The molecule has 1 aromatic rings. The number of hydrogen-bond acceptors (Lipinski definition) is 6. The number of aromatic nitrogens is 2. The third kappa shape index (κ3) is 2.10. The number of aliphatic hydroxyl groups is 1. The van der Waals surface area contributed by atoms with Gasteiger partial charge in [0.05, 0.1) is 6.10 Å². The first-order chi connectivity index (χ1) is 7.18. The minimum atomic E-state index is -0.683. The predicted molar refractivity (Wildman–Crippen MR) is 54.4 cm³/mol. The molecule has 3 N–H and O–H groups in total. The number of nitrogens with zero attached hydrogens (tertiary/aromatic N) is 3. The van der Waals surface area contributed by atoms with Crippen LogP contribution in [0, 0.1) is 0 Å². The second kappa shape index (κ2) is 4.16. The van der Waals surface area contributed by atoms with Crippen molar-refractivity contribution in [3.63, 3.8) is 0 Å². The summed E-state index contributed by atoms with van der Waals surface area (Å²) >= 11 is 0. The summed E-state index contributed by atoms with van der Waals surface area (Å²) in [6.07, 6.45) is 1.63. The molecule has 0 saturated carbocycles. The quantitative estimate of drug-likeness (QED) is 0.736. The van der Waals surface area contributed by atoms with Crippen LogP contribution in [0.1, 0.15) is 31.7 Å². The molecule has 1 aromatic heterocycles. The summed E-state index contributed by atoms with van der Waals surface area (Å²) in [6, 6.07) is -0.603. The lowest BCUT2D eigenvalue weighted by molar-refractivity contribution is 0.146. The first-order valence-corrected chi connectivity index (χ1v) is 5.20. The Balaban J connectivity index is 2.09. The molecule has 0 amide bonds. The molecule has 15 heavy (non-hydrogen) atoms. The van der Waals surface area contributed by atoms with Crippen molar-refractivity contribution in [2.45, 2.75) is 31.9 Å². The highest BCUT2D eigenvalue weighted by Crippen LogP contribution is 2.19. The first-order valence-electron chi connectivity index (χ1n) is 5.20. The van der Waals surface area contributed by atoms with Crippen LogP contribution in [0.15, 0.2) is 4.52 Å². The minimum absolute atomic E-state index is 0.298. The summed E-state index contributed by atoms with van der Waals surface area (Å²) in [5, 5.41) is 13.1. The number of anilines is 1. The van der Waals surface area contributed by atoms with E-state index >= 15 is 0 Å². The van der Waals surface area contributed by atoms with Crippen LogP contribution in [-0.4, -0.2) is 34.4 Å². The molecule has 84 valence electrons. The zero-order chi connectivity index (χ0) is 10.8. The highest BCUT2D eigenvalue weighted by molar-refractivity contribution is 5.29. The Bertz CT molecular complexity index is 303. The van der Waals surface area contributed by atoms with Crippen molar-refractivity contribution in [3.8, 4) is 0 Å². The van der Waals surface area contributed by atoms with Crippen molar-refractivity contribution < 1.29 is 9.63 Å². The second-order valence-electron chi connectivity index (χ2n) is 3.89. The van der Waals surface area contributed by atoms with E-state index in [0.717, 1.165) is 25.9 Å². The summed E-state index contributed by atoms with van der Waals surface area (Å²) in [5.74, 6) is 0.880. The van der Waals surface area contributed by atoms with Crippen LogP contribution in [0.2, 0.25) is 0 Å². The normalized spacial score (nSPS) is 20.6. The molecule has 0 bridgehead atoms. The van der Waals surface area contributed by atoms with E-state index in [-0.39, 0.29) is 0 Å². The molecular formula is C9H16N4O2. The van der Waals surface area contributed by atoms with Crippen molar-refractivity contribution in [2.75, 3.05) is 18.0 Å². The third-order valence-electron chi connectivity index (χ3n) is 2.62. The van der Waals surface area contributed by atoms with Gasteiger partial charge in [0, 0.05) is 13.1 Å². The van der Waals surface area contributed by atoms with Gasteiger partial charge in [0.2, 0.25) is 5.89 Å². The number of nitrogens with two attached hydrogens (primary N) is 1. The molecule has 2 heterocycles. The fourth-order valence-electron chi connectivity index (χ4n) is 1.61. The molecule has 0 radical (unpaired) electrons. The number of rotatable bonds is 3. The van der Waals surface area contributed by atoms with Gasteiger partial charge in [-0.3, -0.25) is 0 Å². The molecule has 2 rings (SSSR count). The van der Waals surface area contributed by atoms with E-state index < -0.39 is 12.1 Å². The zero-order valence-electron chi connectivity index (χ0n) is 8.76. The Hall–Kier alpha value is -1.14. The zero-order valence-corrected chi connectivity index (χ0v) is 8.76. The highest BCUT2D eigenvalue weighted by Gasteiger charge is 2.23. The van der Waals surface area contributed by atoms with Gasteiger partial charge in [-0.15, -0.1) is 0 Å². The predicted octanol–water partition coefficient (Wildman–Crippen LogP) is 0.0504. The van der Waals surface area contributed by atoms with Crippen molar-refractivity contribution in [2.24, 2.45) is 5.73 Å². The van der Waals surface area contributed by atoms with Gasteiger partial charge in [0.15, 0.2) is 0 Å². The molecular weight excluding hydrogens is 196 g/mol. The van der Waals surface area contributed by atoms with Gasteiger partial charge in [-0.25, -0.2) is 0 Å². The third-order valence-corrected chi connectivity index (χ3v) is 2.62. The molecule has 0 aromatic carbocycles. The fourth-order valence-corrected chi connectivity index (χ4v) is 1.61. The Morgan fingerprint density at radius 2 is 2.13 bits per heavy atom. The van der Waals surface area contributed by atoms with E-state index in [1.165, 1.54) is 0 Å². The van der Waals surface area contributed by atoms with Gasteiger partial charge < -0.3 is 20.3 Å². The molecule has 0 spiro atoms. The standard InChI is InChI=1S/C9H16N4O2/c1-6(14)7(10)8-11-9(12-15-8)13-4-2-3-5-13/h6-7,14H,2-5,10H2,1H3. The van der Waals surface area contributed by atoms with Crippen LogP contribution in [0.5, 0.6) is 0 Å². The lowest BCUT2D eigenvalue weighted by Gasteiger charge is -2.11.